The topological polar surface area (TPSA) is 52.3 Å². The number of nitrogens with two attached hydrogens (primary N) is 1. The second-order valence-corrected chi connectivity index (χ2v) is 4.45. The van der Waals surface area contributed by atoms with Gasteiger partial charge >= 0.3 is 6.18 Å². The Morgan fingerprint density at radius 3 is 2.45 bits per heavy atom. The number of halogens is 4. The molecule has 116 valence electrons. The summed E-state index contributed by atoms with van der Waals surface area (Å²) < 4.78 is 57.1. The molecule has 0 saturated heterocycles. The lowest BCUT2D eigenvalue weighted by atomic mass is 10.1. The van der Waals surface area contributed by atoms with Gasteiger partial charge in [0, 0.05) is 11.1 Å². The molecule has 2 aromatic rings. The average molecular weight is 313 g/mol. The van der Waals surface area contributed by atoms with Crippen molar-refractivity contribution in [2.24, 2.45) is 5.73 Å². The molecular weight excluding hydrogens is 302 g/mol. The van der Waals surface area contributed by atoms with Gasteiger partial charge < -0.3 is 10.5 Å². The molecule has 22 heavy (non-hydrogen) atoms. The summed E-state index contributed by atoms with van der Waals surface area (Å²) in [6.45, 7) is -0.491. The monoisotopic (exact) mass is 313 g/mol. The molecule has 2 N–H and O–H groups in total. The van der Waals surface area contributed by atoms with Gasteiger partial charge in [-0.3, -0.25) is 4.79 Å². The van der Waals surface area contributed by atoms with Crippen molar-refractivity contribution in [2.75, 3.05) is 0 Å². The number of carbonyl (C=O) groups excluding carboxylic acids is 1. The van der Waals surface area contributed by atoms with Crippen molar-refractivity contribution in [1.82, 2.24) is 0 Å². The van der Waals surface area contributed by atoms with E-state index >= 15 is 0 Å². The molecule has 0 unspecified atom stereocenters. The highest BCUT2D eigenvalue weighted by molar-refractivity contribution is 5.93. The molecule has 0 saturated carbocycles. The van der Waals surface area contributed by atoms with E-state index in [4.69, 9.17) is 10.5 Å². The van der Waals surface area contributed by atoms with Crippen molar-refractivity contribution in [3.63, 3.8) is 0 Å². The Balaban J connectivity index is 2.24. The van der Waals surface area contributed by atoms with Gasteiger partial charge in [0.25, 0.3) is 0 Å². The van der Waals surface area contributed by atoms with E-state index in [1.807, 2.05) is 0 Å². The summed E-state index contributed by atoms with van der Waals surface area (Å²) >= 11 is 0. The fourth-order valence-corrected chi connectivity index (χ4v) is 1.91. The number of carbonyl (C=O) groups is 1. The van der Waals surface area contributed by atoms with E-state index in [2.05, 4.69) is 0 Å². The van der Waals surface area contributed by atoms with Gasteiger partial charge in [-0.05, 0) is 24.3 Å². The largest absolute Gasteiger partial charge is 0.489 e. The highest BCUT2D eigenvalue weighted by Crippen LogP contribution is 2.34. The molecule has 0 spiro atoms. The Morgan fingerprint density at radius 2 is 1.82 bits per heavy atom. The molecule has 0 aliphatic heterocycles. The third-order valence-corrected chi connectivity index (χ3v) is 2.90. The third-order valence-electron chi connectivity index (χ3n) is 2.90. The molecule has 0 aliphatic rings. The second kappa shape index (κ2) is 6.05. The first-order valence-corrected chi connectivity index (χ1v) is 6.16. The summed E-state index contributed by atoms with van der Waals surface area (Å²) in [7, 11) is 0. The summed E-state index contributed by atoms with van der Waals surface area (Å²) in [5, 5.41) is 0. The number of benzene rings is 2. The molecule has 0 heterocycles. The lowest BCUT2D eigenvalue weighted by Crippen LogP contribution is -2.14. The molecule has 0 aromatic heterocycles. The Morgan fingerprint density at radius 1 is 1.14 bits per heavy atom. The molecule has 0 atom stereocenters. The van der Waals surface area contributed by atoms with Gasteiger partial charge in [0.15, 0.2) is 0 Å². The van der Waals surface area contributed by atoms with Crippen LogP contribution in [0.4, 0.5) is 17.6 Å². The van der Waals surface area contributed by atoms with Crippen molar-refractivity contribution in [3.8, 4) is 5.75 Å². The number of alkyl halides is 3. The van der Waals surface area contributed by atoms with Crippen LogP contribution in [-0.4, -0.2) is 5.91 Å². The molecule has 3 nitrogen and oxygen atoms in total. The van der Waals surface area contributed by atoms with E-state index in [1.54, 1.807) is 0 Å². The van der Waals surface area contributed by atoms with Crippen LogP contribution >= 0.6 is 0 Å². The zero-order valence-corrected chi connectivity index (χ0v) is 11.2. The third kappa shape index (κ3) is 3.55. The first-order valence-electron chi connectivity index (χ1n) is 6.16. The number of ether oxygens (including phenoxy) is 1. The second-order valence-electron chi connectivity index (χ2n) is 4.45. The average Bonchev–Trinajstić information content (AvgIpc) is 2.44. The van der Waals surface area contributed by atoms with Gasteiger partial charge in [0.1, 0.15) is 18.2 Å². The highest BCUT2D eigenvalue weighted by Gasteiger charge is 2.36. The molecule has 0 fully saturated rings. The zero-order chi connectivity index (χ0) is 16.3. The van der Waals surface area contributed by atoms with Crippen LogP contribution in [-0.2, 0) is 12.8 Å². The Bertz CT molecular complexity index is 698. The number of hydrogen-bond acceptors (Lipinski definition) is 2. The van der Waals surface area contributed by atoms with E-state index in [0.29, 0.717) is 0 Å². The number of primary amides is 1. The SMILES string of the molecule is NC(=O)c1cccc(OCc2cccc(F)c2C(F)(F)F)c1. The Hall–Kier alpha value is -2.57. The highest BCUT2D eigenvalue weighted by atomic mass is 19.4. The quantitative estimate of drug-likeness (QED) is 0.878. The van der Waals surface area contributed by atoms with E-state index in [-0.39, 0.29) is 16.9 Å². The van der Waals surface area contributed by atoms with Crippen LogP contribution in [0.2, 0.25) is 0 Å². The van der Waals surface area contributed by atoms with Crippen LogP contribution in [0.15, 0.2) is 42.5 Å². The first kappa shape index (κ1) is 15.8. The molecule has 0 bridgehead atoms. The van der Waals surface area contributed by atoms with Crippen molar-refractivity contribution in [1.29, 1.82) is 0 Å². The fourth-order valence-electron chi connectivity index (χ4n) is 1.91. The van der Waals surface area contributed by atoms with Crippen LogP contribution < -0.4 is 10.5 Å². The normalized spacial score (nSPS) is 11.3. The van der Waals surface area contributed by atoms with E-state index in [0.717, 1.165) is 12.1 Å². The molecular formula is C15H11F4NO2. The van der Waals surface area contributed by atoms with Gasteiger partial charge in [0.2, 0.25) is 5.91 Å². The van der Waals surface area contributed by atoms with Gasteiger partial charge in [-0.1, -0.05) is 18.2 Å². The maximum atomic E-state index is 13.4. The van der Waals surface area contributed by atoms with Crippen LogP contribution in [0.1, 0.15) is 21.5 Å². The molecule has 1 amide bonds. The summed E-state index contributed by atoms with van der Waals surface area (Å²) in [6.07, 6.45) is -4.82. The van der Waals surface area contributed by atoms with Crippen LogP contribution in [0, 0.1) is 5.82 Å². The fraction of sp³-hybridized carbons (Fsp3) is 0.133. The van der Waals surface area contributed by atoms with Crippen molar-refractivity contribution in [2.45, 2.75) is 12.8 Å². The predicted octanol–water partition coefficient (Wildman–Crippen LogP) is 3.52. The Labute approximate surface area is 123 Å². The minimum atomic E-state index is -4.82. The van der Waals surface area contributed by atoms with Gasteiger partial charge in [0.05, 0.1) is 5.56 Å². The minimum absolute atomic E-state index is 0.160. The number of hydrogen-bond donors (Lipinski definition) is 1. The number of rotatable bonds is 4. The van der Waals surface area contributed by atoms with Crippen molar-refractivity contribution >= 4 is 5.91 Å². The van der Waals surface area contributed by atoms with Crippen molar-refractivity contribution < 1.29 is 27.1 Å². The molecule has 0 radical (unpaired) electrons. The molecule has 2 rings (SSSR count). The van der Waals surface area contributed by atoms with Crippen LogP contribution in [0.25, 0.3) is 0 Å². The minimum Gasteiger partial charge on any atom is -0.489 e. The van der Waals surface area contributed by atoms with E-state index in [9.17, 15) is 22.4 Å². The molecule has 2 aromatic carbocycles. The zero-order valence-electron chi connectivity index (χ0n) is 11.2. The predicted molar refractivity (Wildman–Crippen MR) is 70.7 cm³/mol. The first-order chi connectivity index (χ1) is 10.3. The standard InChI is InChI=1S/C15H11F4NO2/c16-12-6-2-4-10(13(12)15(17,18)19)8-22-11-5-1-3-9(7-11)14(20)21/h1-7H,8H2,(H2,20,21). The lowest BCUT2D eigenvalue weighted by molar-refractivity contribution is -0.141. The molecule has 7 heteroatoms. The van der Waals surface area contributed by atoms with Gasteiger partial charge in [-0.25, -0.2) is 4.39 Å². The maximum Gasteiger partial charge on any atom is 0.419 e. The summed E-state index contributed by atoms with van der Waals surface area (Å²) in [5.41, 5.74) is 3.56. The van der Waals surface area contributed by atoms with Gasteiger partial charge in [-0.15, -0.1) is 0 Å². The van der Waals surface area contributed by atoms with Gasteiger partial charge in [-0.2, -0.15) is 13.2 Å². The Kier molecular flexibility index (Phi) is 4.35. The van der Waals surface area contributed by atoms with E-state index in [1.165, 1.54) is 30.3 Å². The van der Waals surface area contributed by atoms with Crippen LogP contribution in [0.3, 0.4) is 0 Å². The maximum absolute atomic E-state index is 13.4. The lowest BCUT2D eigenvalue weighted by Gasteiger charge is -2.14. The van der Waals surface area contributed by atoms with E-state index < -0.39 is 30.1 Å². The van der Waals surface area contributed by atoms with Crippen LogP contribution in [0.5, 0.6) is 5.75 Å². The molecule has 0 aliphatic carbocycles. The van der Waals surface area contributed by atoms with Crippen molar-refractivity contribution in [3.05, 3.63) is 65.0 Å². The summed E-state index contributed by atoms with van der Waals surface area (Å²) in [5.74, 6) is -1.89. The summed E-state index contributed by atoms with van der Waals surface area (Å²) in [6, 6.07) is 8.71. The smallest absolute Gasteiger partial charge is 0.419 e. The number of amides is 1. The summed E-state index contributed by atoms with van der Waals surface area (Å²) in [4.78, 5) is 11.0.